The van der Waals surface area contributed by atoms with E-state index in [4.69, 9.17) is 9.98 Å². The molecule has 2 N–H and O–H groups in total. The molecule has 1 fully saturated rings. The average Bonchev–Trinajstić information content (AvgIpc) is 3.27. The van der Waals surface area contributed by atoms with Crippen molar-refractivity contribution in [2.75, 3.05) is 37.6 Å². The van der Waals surface area contributed by atoms with Gasteiger partial charge >= 0.3 is 0 Å². The Hall–Kier alpha value is -2.33. The summed E-state index contributed by atoms with van der Waals surface area (Å²) in [7, 11) is 0. The monoisotopic (exact) mass is 549 g/mol. The number of phenolic OH excluding ortho intramolecular Hbond substituents is 1. The molecule has 0 spiro atoms. The number of hydrogen-bond donors (Lipinski definition) is 2. The maximum Gasteiger partial charge on any atom is 0.194 e. The number of thiazole rings is 1. The highest BCUT2D eigenvalue weighted by Gasteiger charge is 2.21. The minimum atomic E-state index is 0. The molecule has 4 rings (SSSR count). The minimum absolute atomic E-state index is 0. The van der Waals surface area contributed by atoms with Gasteiger partial charge in [-0.2, -0.15) is 0 Å². The molecule has 164 valence electrons. The maximum absolute atomic E-state index is 10.1. The van der Waals surface area contributed by atoms with Crippen LogP contribution in [0.15, 0.2) is 65.0 Å². The summed E-state index contributed by atoms with van der Waals surface area (Å²) < 4.78 is 0. The minimum Gasteiger partial charge on any atom is -0.506 e. The number of hydrogen-bond acceptors (Lipinski definition) is 5. The van der Waals surface area contributed by atoms with Crippen molar-refractivity contribution in [2.24, 2.45) is 4.99 Å². The number of guanidine groups is 1. The molecular formula is C23H28IN5OS. The molecule has 0 radical (unpaired) electrons. The van der Waals surface area contributed by atoms with E-state index in [1.165, 1.54) is 0 Å². The van der Waals surface area contributed by atoms with Crippen LogP contribution in [0.4, 0.5) is 5.69 Å². The Morgan fingerprint density at radius 3 is 2.48 bits per heavy atom. The van der Waals surface area contributed by atoms with Gasteiger partial charge in [-0.15, -0.1) is 35.3 Å². The molecule has 0 saturated carbocycles. The van der Waals surface area contributed by atoms with Gasteiger partial charge in [0.05, 0.1) is 17.9 Å². The van der Waals surface area contributed by atoms with Crippen molar-refractivity contribution in [1.29, 1.82) is 0 Å². The van der Waals surface area contributed by atoms with E-state index >= 15 is 0 Å². The van der Waals surface area contributed by atoms with Gasteiger partial charge in [-0.25, -0.2) is 9.98 Å². The standard InChI is InChI=1S/C23H27N5OS.HI/c1-2-24-23(25-16-19-17-30-22(26-19)18-8-4-3-5-9-18)28-14-12-27(13-15-28)20-10-6-7-11-21(20)29;/h3-11,17,29H,2,12-16H2,1H3,(H,24,25);1H. The summed E-state index contributed by atoms with van der Waals surface area (Å²) in [6.45, 7) is 6.87. The zero-order valence-electron chi connectivity index (χ0n) is 17.6. The third-order valence-corrected chi connectivity index (χ3v) is 6.04. The fourth-order valence-electron chi connectivity index (χ4n) is 3.57. The number of aromatic nitrogens is 1. The Bertz CT molecular complexity index is 986. The SMILES string of the molecule is CCNC(=NCc1csc(-c2ccccc2)n1)N1CCN(c2ccccc2O)CC1.I. The molecule has 31 heavy (non-hydrogen) atoms. The van der Waals surface area contributed by atoms with Crippen molar-refractivity contribution in [1.82, 2.24) is 15.2 Å². The molecule has 6 nitrogen and oxygen atoms in total. The lowest BCUT2D eigenvalue weighted by molar-refractivity contribution is 0.369. The topological polar surface area (TPSA) is 64.0 Å². The van der Waals surface area contributed by atoms with Gasteiger partial charge in [0, 0.05) is 43.7 Å². The summed E-state index contributed by atoms with van der Waals surface area (Å²) >= 11 is 1.66. The number of nitrogens with zero attached hydrogens (tertiary/aromatic N) is 4. The van der Waals surface area contributed by atoms with Gasteiger partial charge in [-0.1, -0.05) is 42.5 Å². The van der Waals surface area contributed by atoms with Gasteiger partial charge in [-0.3, -0.25) is 0 Å². The van der Waals surface area contributed by atoms with Crippen LogP contribution in [0.1, 0.15) is 12.6 Å². The van der Waals surface area contributed by atoms with E-state index in [2.05, 4.69) is 39.6 Å². The summed E-state index contributed by atoms with van der Waals surface area (Å²) in [5, 5.41) is 16.6. The van der Waals surface area contributed by atoms with Gasteiger partial charge in [0.2, 0.25) is 0 Å². The second kappa shape index (κ2) is 11.3. The number of benzene rings is 2. The van der Waals surface area contributed by atoms with Crippen LogP contribution < -0.4 is 10.2 Å². The number of aromatic hydroxyl groups is 1. The molecule has 1 aromatic heterocycles. The van der Waals surface area contributed by atoms with Gasteiger partial charge in [-0.05, 0) is 19.1 Å². The molecule has 0 aliphatic carbocycles. The number of anilines is 1. The van der Waals surface area contributed by atoms with Crippen LogP contribution in [0, 0.1) is 0 Å². The van der Waals surface area contributed by atoms with Crippen molar-refractivity contribution < 1.29 is 5.11 Å². The Kier molecular flexibility index (Phi) is 8.53. The summed E-state index contributed by atoms with van der Waals surface area (Å²) in [6, 6.07) is 17.8. The van der Waals surface area contributed by atoms with E-state index in [0.29, 0.717) is 12.3 Å². The predicted molar refractivity (Wildman–Crippen MR) is 140 cm³/mol. The fraction of sp³-hybridized carbons (Fsp3) is 0.304. The van der Waals surface area contributed by atoms with Crippen molar-refractivity contribution >= 4 is 47.0 Å². The Morgan fingerprint density at radius 1 is 1.06 bits per heavy atom. The molecule has 1 aliphatic heterocycles. The average molecular weight is 549 g/mol. The van der Waals surface area contributed by atoms with Crippen LogP contribution in [0.3, 0.4) is 0 Å². The first-order valence-electron chi connectivity index (χ1n) is 10.3. The van der Waals surface area contributed by atoms with E-state index in [0.717, 1.165) is 60.6 Å². The number of aliphatic imine (C=N–C) groups is 1. The molecular weight excluding hydrogens is 521 g/mol. The summed E-state index contributed by atoms with van der Waals surface area (Å²) in [5.41, 5.74) is 3.03. The summed E-state index contributed by atoms with van der Waals surface area (Å²) in [5.74, 6) is 1.26. The molecule has 2 aromatic carbocycles. The highest BCUT2D eigenvalue weighted by atomic mass is 127. The summed E-state index contributed by atoms with van der Waals surface area (Å²) in [4.78, 5) is 14.1. The first kappa shape index (κ1) is 23.3. The van der Waals surface area contributed by atoms with E-state index in [1.54, 1.807) is 17.4 Å². The Balaban J connectivity index is 0.00000272. The third-order valence-electron chi connectivity index (χ3n) is 5.10. The molecule has 8 heteroatoms. The smallest absolute Gasteiger partial charge is 0.194 e. The molecule has 0 unspecified atom stereocenters. The van der Waals surface area contributed by atoms with Gasteiger partial charge in [0.15, 0.2) is 5.96 Å². The van der Waals surface area contributed by atoms with Gasteiger partial charge in [0.25, 0.3) is 0 Å². The lowest BCUT2D eigenvalue weighted by Gasteiger charge is -2.37. The first-order valence-corrected chi connectivity index (χ1v) is 11.2. The zero-order chi connectivity index (χ0) is 20.8. The zero-order valence-corrected chi connectivity index (χ0v) is 20.7. The van der Waals surface area contributed by atoms with Crippen LogP contribution >= 0.6 is 35.3 Å². The van der Waals surface area contributed by atoms with Crippen molar-refractivity contribution in [2.45, 2.75) is 13.5 Å². The molecule has 0 atom stereocenters. The van der Waals surface area contributed by atoms with Crippen LogP contribution in [0.25, 0.3) is 10.6 Å². The highest BCUT2D eigenvalue weighted by molar-refractivity contribution is 14.0. The normalized spacial score (nSPS) is 14.3. The number of halogens is 1. The second-order valence-electron chi connectivity index (χ2n) is 7.14. The lowest BCUT2D eigenvalue weighted by Crippen LogP contribution is -2.52. The molecule has 0 bridgehead atoms. The number of piperazine rings is 1. The number of nitrogens with one attached hydrogen (secondary N) is 1. The quantitative estimate of drug-likeness (QED) is 0.280. The van der Waals surface area contributed by atoms with Crippen LogP contribution in [-0.4, -0.2) is 53.7 Å². The maximum atomic E-state index is 10.1. The Morgan fingerprint density at radius 2 is 1.77 bits per heavy atom. The molecule has 2 heterocycles. The third kappa shape index (κ3) is 5.88. The van der Waals surface area contributed by atoms with E-state index in [1.807, 2.05) is 36.4 Å². The van der Waals surface area contributed by atoms with Crippen molar-refractivity contribution in [3.63, 3.8) is 0 Å². The van der Waals surface area contributed by atoms with E-state index in [9.17, 15) is 5.11 Å². The first-order chi connectivity index (χ1) is 14.7. The van der Waals surface area contributed by atoms with E-state index in [-0.39, 0.29) is 24.0 Å². The largest absolute Gasteiger partial charge is 0.506 e. The molecule has 1 saturated heterocycles. The predicted octanol–water partition coefficient (Wildman–Crippen LogP) is 4.42. The van der Waals surface area contributed by atoms with Crippen LogP contribution in [0.2, 0.25) is 0 Å². The molecule has 3 aromatic rings. The van der Waals surface area contributed by atoms with E-state index < -0.39 is 0 Å². The number of para-hydroxylation sites is 2. The van der Waals surface area contributed by atoms with Crippen molar-refractivity contribution in [3.05, 3.63) is 65.7 Å². The van der Waals surface area contributed by atoms with Gasteiger partial charge in [0.1, 0.15) is 10.8 Å². The number of rotatable bonds is 5. The van der Waals surface area contributed by atoms with Crippen molar-refractivity contribution in [3.8, 4) is 16.3 Å². The lowest BCUT2D eigenvalue weighted by atomic mass is 10.2. The Labute approximate surface area is 204 Å². The summed E-state index contributed by atoms with van der Waals surface area (Å²) in [6.07, 6.45) is 0. The highest BCUT2D eigenvalue weighted by Crippen LogP contribution is 2.27. The molecule has 0 amide bonds. The van der Waals surface area contributed by atoms with Crippen LogP contribution in [0.5, 0.6) is 5.75 Å². The number of phenols is 1. The molecule has 1 aliphatic rings. The van der Waals surface area contributed by atoms with Gasteiger partial charge < -0.3 is 20.2 Å². The fourth-order valence-corrected chi connectivity index (χ4v) is 4.38. The van der Waals surface area contributed by atoms with Crippen LogP contribution in [-0.2, 0) is 6.54 Å². The second-order valence-corrected chi connectivity index (χ2v) is 8.00.